The molecular weight excluding hydrogens is 294 g/mol. The quantitative estimate of drug-likeness (QED) is 0.931. The minimum Gasteiger partial charge on any atom is -0.340 e. The average Bonchev–Trinajstić information content (AvgIpc) is 3.04. The fraction of sp³-hybridized carbons (Fsp3) is 0.765. The molecule has 1 amide bonds. The number of carbonyl (C=O) groups excluding carboxylic acids is 1. The molecule has 1 aliphatic carbocycles. The lowest BCUT2D eigenvalue weighted by Gasteiger charge is -2.40. The Balaban J connectivity index is 1.68. The number of likely N-dealkylation sites (tertiary alicyclic amines) is 1. The SMILES string of the molecule is CCc1csc([C@H]2CCCN(C(=O)C3(N)CCCCC3)C2)n1. The Labute approximate surface area is 137 Å². The van der Waals surface area contributed by atoms with Crippen molar-refractivity contribution in [1.29, 1.82) is 0 Å². The van der Waals surface area contributed by atoms with Crippen LogP contribution < -0.4 is 5.73 Å². The monoisotopic (exact) mass is 321 g/mol. The first-order valence-corrected chi connectivity index (χ1v) is 9.53. The summed E-state index contributed by atoms with van der Waals surface area (Å²) in [7, 11) is 0. The van der Waals surface area contributed by atoms with Gasteiger partial charge in [0.15, 0.2) is 0 Å². The molecule has 1 aromatic heterocycles. The number of nitrogens with zero attached hydrogens (tertiary/aromatic N) is 2. The van der Waals surface area contributed by atoms with E-state index in [0.717, 1.165) is 58.0 Å². The highest BCUT2D eigenvalue weighted by molar-refractivity contribution is 7.09. The number of aromatic nitrogens is 1. The summed E-state index contributed by atoms with van der Waals surface area (Å²) in [4.78, 5) is 19.6. The Morgan fingerprint density at radius 1 is 1.41 bits per heavy atom. The van der Waals surface area contributed by atoms with Crippen molar-refractivity contribution in [2.75, 3.05) is 13.1 Å². The van der Waals surface area contributed by atoms with Crippen LogP contribution in [0.15, 0.2) is 5.38 Å². The van der Waals surface area contributed by atoms with Crippen LogP contribution in [0.25, 0.3) is 0 Å². The smallest absolute Gasteiger partial charge is 0.242 e. The van der Waals surface area contributed by atoms with E-state index in [1.54, 1.807) is 11.3 Å². The first kappa shape index (κ1) is 15.9. The van der Waals surface area contributed by atoms with Crippen molar-refractivity contribution >= 4 is 17.2 Å². The maximum absolute atomic E-state index is 12.9. The van der Waals surface area contributed by atoms with Crippen LogP contribution in [-0.4, -0.2) is 34.4 Å². The van der Waals surface area contributed by atoms with Gasteiger partial charge in [-0.25, -0.2) is 4.98 Å². The van der Waals surface area contributed by atoms with Gasteiger partial charge in [0.1, 0.15) is 0 Å². The fourth-order valence-corrected chi connectivity index (χ4v) is 4.78. The van der Waals surface area contributed by atoms with Crippen molar-refractivity contribution in [3.63, 3.8) is 0 Å². The Kier molecular flexibility index (Phi) is 4.83. The summed E-state index contributed by atoms with van der Waals surface area (Å²) < 4.78 is 0. The molecule has 2 aliphatic rings. The van der Waals surface area contributed by atoms with Gasteiger partial charge in [0.25, 0.3) is 0 Å². The zero-order valence-electron chi connectivity index (χ0n) is 13.5. The van der Waals surface area contributed by atoms with Crippen LogP contribution in [0, 0.1) is 0 Å². The number of hydrogen-bond acceptors (Lipinski definition) is 4. The van der Waals surface area contributed by atoms with Crippen molar-refractivity contribution < 1.29 is 4.79 Å². The first-order chi connectivity index (χ1) is 10.6. The van der Waals surface area contributed by atoms with Crippen LogP contribution >= 0.6 is 11.3 Å². The van der Waals surface area contributed by atoms with E-state index >= 15 is 0 Å². The summed E-state index contributed by atoms with van der Waals surface area (Å²) in [6.45, 7) is 3.80. The summed E-state index contributed by atoms with van der Waals surface area (Å²) in [5, 5.41) is 3.35. The molecule has 1 saturated carbocycles. The summed E-state index contributed by atoms with van der Waals surface area (Å²) in [5.41, 5.74) is 7.01. The lowest BCUT2D eigenvalue weighted by Crippen LogP contribution is -2.57. The van der Waals surface area contributed by atoms with E-state index < -0.39 is 5.54 Å². The van der Waals surface area contributed by atoms with Gasteiger partial charge in [-0.3, -0.25) is 4.79 Å². The first-order valence-electron chi connectivity index (χ1n) is 8.65. The number of amides is 1. The van der Waals surface area contributed by atoms with E-state index in [1.165, 1.54) is 17.1 Å². The predicted octanol–water partition coefficient (Wildman–Crippen LogP) is 3.07. The van der Waals surface area contributed by atoms with Gasteiger partial charge in [0.05, 0.1) is 16.2 Å². The molecular formula is C17H27N3OS. The Hall–Kier alpha value is -0.940. The molecule has 1 atom stereocenters. The van der Waals surface area contributed by atoms with Crippen molar-refractivity contribution in [1.82, 2.24) is 9.88 Å². The summed E-state index contributed by atoms with van der Waals surface area (Å²) in [5.74, 6) is 0.583. The van der Waals surface area contributed by atoms with Gasteiger partial charge in [-0.1, -0.05) is 26.2 Å². The van der Waals surface area contributed by atoms with Crippen molar-refractivity contribution in [3.05, 3.63) is 16.1 Å². The van der Waals surface area contributed by atoms with Gasteiger partial charge in [0.2, 0.25) is 5.91 Å². The third-order valence-electron chi connectivity index (χ3n) is 5.16. The number of rotatable bonds is 3. The van der Waals surface area contributed by atoms with Crippen LogP contribution in [-0.2, 0) is 11.2 Å². The van der Waals surface area contributed by atoms with Gasteiger partial charge in [-0.05, 0) is 32.1 Å². The molecule has 3 rings (SSSR count). The largest absolute Gasteiger partial charge is 0.340 e. The molecule has 1 aromatic rings. The van der Waals surface area contributed by atoms with E-state index in [4.69, 9.17) is 10.7 Å². The summed E-state index contributed by atoms with van der Waals surface area (Å²) in [6.07, 6.45) is 8.28. The molecule has 1 saturated heterocycles. The van der Waals surface area contributed by atoms with E-state index in [1.807, 2.05) is 4.90 Å². The highest BCUT2D eigenvalue weighted by Gasteiger charge is 2.40. The Morgan fingerprint density at radius 2 is 2.18 bits per heavy atom. The molecule has 4 nitrogen and oxygen atoms in total. The van der Waals surface area contributed by atoms with Crippen LogP contribution in [0.1, 0.15) is 68.5 Å². The normalized spacial score (nSPS) is 25.2. The Morgan fingerprint density at radius 3 is 2.86 bits per heavy atom. The van der Waals surface area contributed by atoms with Gasteiger partial charge in [0, 0.05) is 24.4 Å². The zero-order valence-corrected chi connectivity index (χ0v) is 14.3. The second-order valence-corrected chi connectivity index (χ2v) is 7.73. The molecule has 0 spiro atoms. The minimum atomic E-state index is -0.600. The second kappa shape index (κ2) is 6.67. The molecule has 0 bridgehead atoms. The number of thiazole rings is 1. The zero-order chi connectivity index (χ0) is 15.6. The Bertz CT molecular complexity index is 522. The molecule has 122 valence electrons. The van der Waals surface area contributed by atoms with E-state index in [0.29, 0.717) is 5.92 Å². The van der Waals surface area contributed by atoms with E-state index in [-0.39, 0.29) is 5.91 Å². The van der Waals surface area contributed by atoms with Crippen LogP contribution in [0.2, 0.25) is 0 Å². The highest BCUT2D eigenvalue weighted by Crippen LogP contribution is 2.33. The lowest BCUT2D eigenvalue weighted by molar-refractivity contribution is -0.139. The average molecular weight is 321 g/mol. The van der Waals surface area contributed by atoms with Crippen molar-refractivity contribution in [2.24, 2.45) is 5.73 Å². The van der Waals surface area contributed by atoms with Gasteiger partial charge < -0.3 is 10.6 Å². The number of carbonyl (C=O) groups is 1. The maximum Gasteiger partial charge on any atom is 0.242 e. The molecule has 2 N–H and O–H groups in total. The molecule has 2 fully saturated rings. The van der Waals surface area contributed by atoms with Crippen LogP contribution in [0.3, 0.4) is 0 Å². The third-order valence-corrected chi connectivity index (χ3v) is 6.22. The van der Waals surface area contributed by atoms with Gasteiger partial charge in [-0.15, -0.1) is 11.3 Å². The lowest BCUT2D eigenvalue weighted by atomic mass is 9.81. The van der Waals surface area contributed by atoms with Gasteiger partial charge >= 0.3 is 0 Å². The molecule has 2 heterocycles. The molecule has 1 aliphatic heterocycles. The molecule has 0 aromatic carbocycles. The molecule has 22 heavy (non-hydrogen) atoms. The topological polar surface area (TPSA) is 59.2 Å². The summed E-state index contributed by atoms with van der Waals surface area (Å²) >= 11 is 1.75. The van der Waals surface area contributed by atoms with E-state index in [9.17, 15) is 4.79 Å². The maximum atomic E-state index is 12.9. The molecule has 0 radical (unpaired) electrons. The van der Waals surface area contributed by atoms with E-state index in [2.05, 4.69) is 12.3 Å². The summed E-state index contributed by atoms with van der Waals surface area (Å²) in [6, 6.07) is 0. The number of hydrogen-bond donors (Lipinski definition) is 1. The fourth-order valence-electron chi connectivity index (χ4n) is 3.75. The number of piperidine rings is 1. The third kappa shape index (κ3) is 3.20. The van der Waals surface area contributed by atoms with Crippen LogP contribution in [0.4, 0.5) is 0 Å². The van der Waals surface area contributed by atoms with Crippen molar-refractivity contribution in [3.8, 4) is 0 Å². The van der Waals surface area contributed by atoms with Crippen LogP contribution in [0.5, 0.6) is 0 Å². The second-order valence-electron chi connectivity index (χ2n) is 6.84. The van der Waals surface area contributed by atoms with Gasteiger partial charge in [-0.2, -0.15) is 0 Å². The molecule has 5 heteroatoms. The standard InChI is InChI=1S/C17H27N3OS/c1-2-14-12-22-15(19-14)13-7-6-10-20(11-13)16(21)17(18)8-4-3-5-9-17/h12-13H,2-11,18H2,1H3/t13-/m0/s1. The number of nitrogens with two attached hydrogens (primary N) is 1. The minimum absolute atomic E-state index is 0.184. The van der Waals surface area contributed by atoms with Crippen molar-refractivity contribution in [2.45, 2.75) is 69.7 Å². The predicted molar refractivity (Wildman–Crippen MR) is 90.1 cm³/mol. The molecule has 0 unspecified atom stereocenters. The highest BCUT2D eigenvalue weighted by atomic mass is 32.1. The number of aryl methyl sites for hydroxylation is 1.